The molecular weight excluding hydrogens is 272 g/mol. The van der Waals surface area contributed by atoms with Crippen molar-refractivity contribution in [2.45, 2.75) is 11.4 Å². The largest absolute Gasteiger partial charge is 0.508 e. The van der Waals surface area contributed by atoms with Gasteiger partial charge in [-0.1, -0.05) is 6.08 Å². The van der Waals surface area contributed by atoms with E-state index in [0.29, 0.717) is 6.08 Å². The van der Waals surface area contributed by atoms with Crippen LogP contribution in [0.25, 0.3) is 0 Å². The molecule has 1 atom stereocenters. The lowest BCUT2D eigenvalue weighted by Gasteiger charge is -2.21. The summed E-state index contributed by atoms with van der Waals surface area (Å²) < 4.78 is 29.7. The lowest BCUT2D eigenvalue weighted by Crippen LogP contribution is -2.36. The summed E-state index contributed by atoms with van der Waals surface area (Å²) in [6, 6.07) is 0. The predicted octanol–water partition coefficient (Wildman–Crippen LogP) is -4.25. The Morgan fingerprint density at radius 1 is 1.18 bits per heavy atom. The van der Waals surface area contributed by atoms with Crippen LogP contribution in [0.15, 0.2) is 24.0 Å². The SMILES string of the molecule is O.O.O.O.O=S(=O)(O)C1(O)C=C(O)C=CC1.[MgH2]. The highest BCUT2D eigenvalue weighted by Crippen LogP contribution is 2.24. The first kappa shape index (κ1) is 30.1. The van der Waals surface area contributed by atoms with Gasteiger partial charge in [0.1, 0.15) is 5.76 Å². The quantitative estimate of drug-likeness (QED) is 0.321. The van der Waals surface area contributed by atoms with Crippen molar-refractivity contribution >= 4 is 33.2 Å². The van der Waals surface area contributed by atoms with E-state index in [2.05, 4.69) is 0 Å². The first-order chi connectivity index (χ1) is 5.35. The number of aliphatic hydroxyl groups excluding tert-OH is 1. The van der Waals surface area contributed by atoms with E-state index in [1.165, 1.54) is 12.2 Å². The molecule has 0 heterocycles. The molecule has 9 nitrogen and oxygen atoms in total. The van der Waals surface area contributed by atoms with Gasteiger partial charge in [-0.05, 0) is 6.08 Å². The van der Waals surface area contributed by atoms with E-state index in [9.17, 15) is 13.5 Å². The number of rotatable bonds is 1. The zero-order valence-electron chi connectivity index (χ0n) is 8.01. The van der Waals surface area contributed by atoms with Gasteiger partial charge in [0.05, 0.1) is 0 Å². The molecule has 17 heavy (non-hydrogen) atoms. The van der Waals surface area contributed by atoms with Gasteiger partial charge in [0.15, 0.2) is 0 Å². The van der Waals surface area contributed by atoms with Crippen molar-refractivity contribution in [2.75, 3.05) is 0 Å². The van der Waals surface area contributed by atoms with Gasteiger partial charge in [-0.2, -0.15) is 8.42 Å². The Labute approximate surface area is 114 Å². The molecule has 0 aromatic rings. The third-order valence-corrected chi connectivity index (χ3v) is 2.70. The predicted molar refractivity (Wildman–Crippen MR) is 64.0 cm³/mol. The minimum absolute atomic E-state index is 0. The molecule has 1 unspecified atom stereocenters. The van der Waals surface area contributed by atoms with Crippen LogP contribution in [0.4, 0.5) is 0 Å². The second-order valence-corrected chi connectivity index (χ2v) is 4.15. The van der Waals surface area contributed by atoms with Crippen LogP contribution in [0, 0.1) is 0 Å². The van der Waals surface area contributed by atoms with Crippen molar-refractivity contribution < 1.29 is 45.1 Å². The fraction of sp³-hybridized carbons (Fsp3) is 0.333. The van der Waals surface area contributed by atoms with Crippen molar-refractivity contribution in [1.82, 2.24) is 0 Å². The van der Waals surface area contributed by atoms with Gasteiger partial charge >= 0.3 is 23.1 Å². The van der Waals surface area contributed by atoms with Crippen LogP contribution in [0.2, 0.25) is 0 Å². The molecule has 0 radical (unpaired) electrons. The Morgan fingerprint density at radius 2 is 1.59 bits per heavy atom. The topological polar surface area (TPSA) is 221 Å². The Balaban J connectivity index is -0.0000000960. The third-order valence-electron chi connectivity index (χ3n) is 1.52. The fourth-order valence-corrected chi connectivity index (χ4v) is 1.44. The molecule has 1 aliphatic rings. The summed E-state index contributed by atoms with van der Waals surface area (Å²) >= 11 is 0. The lowest BCUT2D eigenvalue weighted by molar-refractivity contribution is 0.157. The van der Waals surface area contributed by atoms with E-state index < -0.39 is 15.1 Å². The minimum Gasteiger partial charge on any atom is -0.508 e. The summed E-state index contributed by atoms with van der Waals surface area (Å²) in [5.41, 5.74) is 0. The molecule has 11 heteroatoms. The van der Waals surface area contributed by atoms with Gasteiger partial charge in [-0.3, -0.25) is 4.55 Å². The first-order valence-electron chi connectivity index (χ1n) is 3.13. The Morgan fingerprint density at radius 3 is 1.82 bits per heavy atom. The molecule has 0 spiro atoms. The molecule has 0 fully saturated rings. The van der Waals surface area contributed by atoms with E-state index in [4.69, 9.17) is 9.66 Å². The molecule has 0 saturated heterocycles. The Bertz CT molecular complexity index is 348. The van der Waals surface area contributed by atoms with Crippen LogP contribution >= 0.6 is 0 Å². The zero-order chi connectivity index (χ0) is 9.41. The number of hydrogen-bond donors (Lipinski definition) is 3. The molecule has 1 aliphatic carbocycles. The highest BCUT2D eigenvalue weighted by atomic mass is 32.2. The van der Waals surface area contributed by atoms with Crippen LogP contribution in [-0.4, -0.2) is 73.1 Å². The maximum absolute atomic E-state index is 10.6. The fourth-order valence-electron chi connectivity index (χ4n) is 0.866. The summed E-state index contributed by atoms with van der Waals surface area (Å²) in [5, 5.41) is 18.1. The summed E-state index contributed by atoms with van der Waals surface area (Å²) in [4.78, 5) is -2.38. The Kier molecular flexibility index (Phi) is 17.3. The third kappa shape index (κ3) is 6.92. The molecule has 1 rings (SSSR count). The second-order valence-electron chi connectivity index (χ2n) is 2.50. The Hall–Kier alpha value is -0.244. The summed E-state index contributed by atoms with van der Waals surface area (Å²) in [6.45, 7) is 0. The minimum atomic E-state index is -4.59. The molecule has 0 saturated carbocycles. The van der Waals surface area contributed by atoms with Crippen LogP contribution in [-0.2, 0) is 10.1 Å². The van der Waals surface area contributed by atoms with Crippen molar-refractivity contribution in [3.8, 4) is 0 Å². The normalized spacial score (nSPS) is 21.2. The van der Waals surface area contributed by atoms with E-state index in [1.54, 1.807) is 0 Å². The molecule has 0 amide bonds. The van der Waals surface area contributed by atoms with Gasteiger partial charge in [-0.15, -0.1) is 0 Å². The second kappa shape index (κ2) is 9.75. The van der Waals surface area contributed by atoms with Gasteiger partial charge in [-0.25, -0.2) is 0 Å². The van der Waals surface area contributed by atoms with Crippen LogP contribution in [0.5, 0.6) is 0 Å². The maximum atomic E-state index is 10.6. The molecule has 0 bridgehead atoms. The number of allylic oxidation sites excluding steroid dienone is 1. The van der Waals surface area contributed by atoms with E-state index in [0.717, 1.165) is 0 Å². The van der Waals surface area contributed by atoms with Crippen molar-refractivity contribution in [3.63, 3.8) is 0 Å². The average molecular weight is 291 g/mol. The van der Waals surface area contributed by atoms with Crippen LogP contribution in [0.1, 0.15) is 6.42 Å². The van der Waals surface area contributed by atoms with Crippen molar-refractivity contribution in [1.29, 1.82) is 0 Å². The lowest BCUT2D eigenvalue weighted by atomic mass is 10.1. The maximum Gasteiger partial charge on any atom is 0.316 e. The smallest absolute Gasteiger partial charge is 0.316 e. The number of aliphatic hydroxyl groups is 2. The molecule has 104 valence electrons. The van der Waals surface area contributed by atoms with Gasteiger partial charge < -0.3 is 32.1 Å². The molecular formula is C6H18MgO9S. The van der Waals surface area contributed by atoms with Crippen LogP contribution < -0.4 is 0 Å². The monoisotopic (exact) mass is 290 g/mol. The van der Waals surface area contributed by atoms with Crippen molar-refractivity contribution in [3.05, 3.63) is 24.0 Å². The first-order valence-corrected chi connectivity index (χ1v) is 4.57. The summed E-state index contributed by atoms with van der Waals surface area (Å²) in [7, 11) is -4.59. The van der Waals surface area contributed by atoms with Gasteiger partial charge in [0.2, 0.25) is 4.93 Å². The zero-order valence-corrected chi connectivity index (χ0v) is 8.82. The van der Waals surface area contributed by atoms with Crippen LogP contribution in [0.3, 0.4) is 0 Å². The number of hydrogen-bond acceptors (Lipinski definition) is 4. The molecule has 0 aromatic heterocycles. The average Bonchev–Trinajstić information content (AvgIpc) is 1.83. The highest BCUT2D eigenvalue weighted by Gasteiger charge is 2.39. The van der Waals surface area contributed by atoms with E-state index in [-0.39, 0.29) is 57.1 Å². The van der Waals surface area contributed by atoms with E-state index >= 15 is 0 Å². The van der Waals surface area contributed by atoms with Gasteiger partial charge in [0.25, 0.3) is 10.1 Å². The summed E-state index contributed by atoms with van der Waals surface area (Å²) in [5.74, 6) is -0.388. The molecule has 0 aromatic carbocycles. The van der Waals surface area contributed by atoms with E-state index in [1.807, 2.05) is 0 Å². The molecule has 11 N–H and O–H groups in total. The molecule has 0 aliphatic heterocycles. The highest BCUT2D eigenvalue weighted by molar-refractivity contribution is 7.87. The summed E-state index contributed by atoms with van der Waals surface area (Å²) in [6.07, 6.45) is 2.90. The van der Waals surface area contributed by atoms with Crippen molar-refractivity contribution in [2.24, 2.45) is 0 Å². The van der Waals surface area contributed by atoms with Gasteiger partial charge in [0, 0.05) is 12.5 Å². The standard InChI is InChI=1S/C6H8O5S.Mg.4H2O.2H/c7-5-2-1-3-6(8,4-5)12(9,10)11;;;;;;;/h1-2,4,7-8H,3H2,(H,9,10,11);;4*1H2;;.